The van der Waals surface area contributed by atoms with Crippen LogP contribution in [0.4, 0.5) is 27.8 Å². The first kappa shape index (κ1) is 22.4. The van der Waals surface area contributed by atoms with Crippen molar-refractivity contribution in [2.75, 3.05) is 22.1 Å². The maximum atomic E-state index is 13.6. The second-order valence-electron chi connectivity index (χ2n) is 10.7. The largest absolute Gasteiger partial charge is 0.326 e. The molecule has 0 radical (unpaired) electrons. The Kier molecular flexibility index (Phi) is 4.99. The molecular formula is C25H28FN9O. The molecule has 3 N–H and O–H groups in total. The van der Waals surface area contributed by atoms with Crippen LogP contribution in [0.2, 0.25) is 0 Å². The highest BCUT2D eigenvalue weighted by Gasteiger charge is 2.52. The highest BCUT2D eigenvalue weighted by atomic mass is 19.1. The van der Waals surface area contributed by atoms with Crippen molar-refractivity contribution in [1.82, 2.24) is 29.5 Å². The number of halogens is 1. The van der Waals surface area contributed by atoms with Gasteiger partial charge in [0.15, 0.2) is 5.82 Å². The molecular weight excluding hydrogens is 461 g/mol. The lowest BCUT2D eigenvalue weighted by atomic mass is 9.84. The van der Waals surface area contributed by atoms with Crippen LogP contribution in [0.1, 0.15) is 51.6 Å². The molecule has 11 heteroatoms. The molecule has 1 saturated carbocycles. The van der Waals surface area contributed by atoms with Gasteiger partial charge >= 0.3 is 0 Å². The summed E-state index contributed by atoms with van der Waals surface area (Å²) in [5.74, 6) is 1.42. The van der Waals surface area contributed by atoms with E-state index in [1.165, 1.54) is 31.2 Å². The van der Waals surface area contributed by atoms with E-state index in [1.54, 1.807) is 0 Å². The van der Waals surface area contributed by atoms with Crippen molar-refractivity contribution in [3.8, 4) is 0 Å². The Morgan fingerprint density at radius 3 is 2.78 bits per heavy atom. The van der Waals surface area contributed by atoms with Crippen LogP contribution in [-0.4, -0.2) is 47.5 Å². The average Bonchev–Trinajstić information content (AvgIpc) is 3.27. The molecule has 5 heterocycles. The normalized spacial score (nSPS) is 21.2. The SMILES string of the molecule is CC1(C)CN(c2nc(Nc3cc(C4CC4)[nH]n3)n3cccc3n2)C(C)(C(=O)Nc2ccc(F)nc2)C1. The highest BCUT2D eigenvalue weighted by molar-refractivity contribution is 6.00. The number of nitrogens with zero attached hydrogens (tertiary/aromatic N) is 6. The minimum atomic E-state index is -0.939. The van der Waals surface area contributed by atoms with Crippen LogP contribution < -0.4 is 15.5 Å². The van der Waals surface area contributed by atoms with E-state index in [4.69, 9.17) is 9.97 Å². The smallest absolute Gasteiger partial charge is 0.250 e. The molecule has 0 spiro atoms. The number of carbonyl (C=O) groups is 1. The van der Waals surface area contributed by atoms with Crippen LogP contribution in [-0.2, 0) is 4.79 Å². The van der Waals surface area contributed by atoms with Gasteiger partial charge in [0.05, 0.1) is 11.9 Å². The van der Waals surface area contributed by atoms with E-state index < -0.39 is 11.5 Å². The van der Waals surface area contributed by atoms with Crippen molar-refractivity contribution < 1.29 is 9.18 Å². The number of pyridine rings is 1. The van der Waals surface area contributed by atoms with Crippen molar-refractivity contribution >= 4 is 35.0 Å². The Bertz CT molecular complexity index is 1440. The van der Waals surface area contributed by atoms with E-state index in [0.717, 1.165) is 5.69 Å². The first-order chi connectivity index (χ1) is 17.2. The number of fused-ring (bicyclic) bond motifs is 1. The maximum absolute atomic E-state index is 13.6. The van der Waals surface area contributed by atoms with E-state index in [9.17, 15) is 9.18 Å². The fraction of sp³-hybridized carbons (Fsp3) is 0.400. The Morgan fingerprint density at radius 1 is 1.19 bits per heavy atom. The second kappa shape index (κ2) is 8.00. The van der Waals surface area contributed by atoms with E-state index in [-0.39, 0.29) is 11.3 Å². The van der Waals surface area contributed by atoms with E-state index in [1.807, 2.05) is 40.6 Å². The number of anilines is 4. The average molecular weight is 490 g/mol. The molecule has 4 aromatic heterocycles. The van der Waals surface area contributed by atoms with Gasteiger partial charge in [-0.1, -0.05) is 13.8 Å². The number of amides is 1. The van der Waals surface area contributed by atoms with Crippen molar-refractivity contribution in [1.29, 1.82) is 0 Å². The summed E-state index contributed by atoms with van der Waals surface area (Å²) in [5.41, 5.74) is 1.15. The molecule has 1 saturated heterocycles. The van der Waals surface area contributed by atoms with E-state index in [0.29, 0.717) is 47.9 Å². The Morgan fingerprint density at radius 2 is 2.03 bits per heavy atom. The highest BCUT2D eigenvalue weighted by Crippen LogP contribution is 2.44. The third-order valence-electron chi connectivity index (χ3n) is 6.95. The van der Waals surface area contributed by atoms with Gasteiger partial charge in [-0.3, -0.25) is 14.3 Å². The molecule has 1 unspecified atom stereocenters. The van der Waals surface area contributed by atoms with Gasteiger partial charge in [-0.2, -0.15) is 19.5 Å². The number of H-pyrrole nitrogens is 1. The topological polar surface area (TPSA) is 116 Å². The van der Waals surface area contributed by atoms with Crippen LogP contribution in [0.5, 0.6) is 0 Å². The zero-order valence-corrected chi connectivity index (χ0v) is 20.4. The molecule has 6 rings (SSSR count). The summed E-state index contributed by atoms with van der Waals surface area (Å²) in [4.78, 5) is 28.8. The van der Waals surface area contributed by atoms with E-state index in [2.05, 4.69) is 39.7 Å². The van der Waals surface area contributed by atoms with E-state index >= 15 is 0 Å². The molecule has 1 aliphatic heterocycles. The number of aromatic amines is 1. The Labute approximate surface area is 207 Å². The molecule has 1 amide bonds. The minimum Gasteiger partial charge on any atom is -0.326 e. The molecule has 186 valence electrons. The van der Waals surface area contributed by atoms with Gasteiger partial charge in [0.1, 0.15) is 11.2 Å². The van der Waals surface area contributed by atoms with Crippen LogP contribution in [0.15, 0.2) is 42.7 Å². The summed E-state index contributed by atoms with van der Waals surface area (Å²) in [5, 5.41) is 13.7. The van der Waals surface area contributed by atoms with Gasteiger partial charge in [0, 0.05) is 30.4 Å². The number of rotatable bonds is 6. The molecule has 4 aromatic rings. The summed E-state index contributed by atoms with van der Waals surface area (Å²) in [6.45, 7) is 6.72. The quantitative estimate of drug-likeness (QED) is 0.347. The number of hydrogen-bond donors (Lipinski definition) is 3. The fourth-order valence-corrected chi connectivity index (χ4v) is 5.14. The van der Waals surface area contributed by atoms with Gasteiger partial charge in [-0.15, -0.1) is 0 Å². The predicted molar refractivity (Wildman–Crippen MR) is 134 cm³/mol. The first-order valence-electron chi connectivity index (χ1n) is 12.1. The molecule has 1 aliphatic carbocycles. The zero-order valence-electron chi connectivity index (χ0n) is 20.4. The number of hydrogen-bond acceptors (Lipinski definition) is 7. The first-order valence-corrected chi connectivity index (χ1v) is 12.1. The van der Waals surface area contributed by atoms with Gasteiger partial charge < -0.3 is 15.5 Å². The van der Waals surface area contributed by atoms with Gasteiger partial charge in [0.25, 0.3) is 0 Å². The van der Waals surface area contributed by atoms with Crippen molar-refractivity contribution in [3.05, 3.63) is 54.4 Å². The summed E-state index contributed by atoms with van der Waals surface area (Å²) in [7, 11) is 0. The number of nitrogens with one attached hydrogen (secondary N) is 3. The summed E-state index contributed by atoms with van der Waals surface area (Å²) < 4.78 is 15.1. The predicted octanol–water partition coefficient (Wildman–Crippen LogP) is 4.24. The minimum absolute atomic E-state index is 0.167. The Hall–Kier alpha value is -4.02. The summed E-state index contributed by atoms with van der Waals surface area (Å²) in [6.07, 6.45) is 6.15. The molecule has 0 bridgehead atoms. The summed E-state index contributed by atoms with van der Waals surface area (Å²) in [6, 6.07) is 8.54. The Balaban J connectivity index is 1.35. The van der Waals surface area contributed by atoms with Crippen LogP contribution >= 0.6 is 0 Å². The monoisotopic (exact) mass is 489 g/mol. The third-order valence-corrected chi connectivity index (χ3v) is 6.95. The lowest BCUT2D eigenvalue weighted by Crippen LogP contribution is -2.51. The standard InChI is InChI=1S/C25H28FN9O/c1-24(2)13-25(3,21(36)28-16-8-9-18(26)27-12-16)35(14-24)23-30-20-5-4-10-34(20)22(31-23)29-19-11-17(32-33-19)15-6-7-15/h4-5,8-12,15H,6-7,13-14H2,1-3H3,(H,28,36)(H2,29,30,31,32,33). The van der Waals surface area contributed by atoms with Crippen LogP contribution in [0.25, 0.3) is 5.65 Å². The van der Waals surface area contributed by atoms with Crippen LogP contribution in [0, 0.1) is 11.4 Å². The van der Waals surface area contributed by atoms with Crippen molar-refractivity contribution in [2.45, 2.75) is 51.5 Å². The lowest BCUT2D eigenvalue weighted by Gasteiger charge is -2.34. The molecule has 2 aliphatic rings. The van der Waals surface area contributed by atoms with Crippen molar-refractivity contribution in [3.63, 3.8) is 0 Å². The zero-order chi connectivity index (χ0) is 25.1. The maximum Gasteiger partial charge on any atom is 0.250 e. The molecule has 1 atom stereocenters. The van der Waals surface area contributed by atoms with Crippen LogP contribution in [0.3, 0.4) is 0 Å². The molecule has 0 aromatic carbocycles. The van der Waals surface area contributed by atoms with Crippen molar-refractivity contribution in [2.24, 2.45) is 5.41 Å². The molecule has 2 fully saturated rings. The van der Waals surface area contributed by atoms with Gasteiger partial charge in [-0.25, -0.2) is 4.98 Å². The number of aromatic nitrogens is 6. The lowest BCUT2D eigenvalue weighted by molar-refractivity contribution is -0.120. The van der Waals surface area contributed by atoms with Gasteiger partial charge in [-0.05, 0) is 55.9 Å². The molecule has 36 heavy (non-hydrogen) atoms. The molecule has 10 nitrogen and oxygen atoms in total. The number of carbonyl (C=O) groups excluding carboxylic acids is 1. The fourth-order valence-electron chi connectivity index (χ4n) is 5.14. The third kappa shape index (κ3) is 4.04. The second-order valence-corrected chi connectivity index (χ2v) is 10.7. The summed E-state index contributed by atoms with van der Waals surface area (Å²) >= 11 is 0. The van der Waals surface area contributed by atoms with Gasteiger partial charge in [0.2, 0.25) is 23.8 Å².